The first-order valence-electron chi connectivity index (χ1n) is 5.30. The summed E-state index contributed by atoms with van der Waals surface area (Å²) in [5.41, 5.74) is 0.880. The number of aryl methyl sites for hydroxylation is 1. The lowest BCUT2D eigenvalue weighted by Gasteiger charge is -2.04. The molecule has 0 atom stereocenters. The predicted octanol–water partition coefficient (Wildman–Crippen LogP) is 2.30. The zero-order valence-electron chi connectivity index (χ0n) is 9.94. The molecule has 1 aromatic carbocycles. The van der Waals surface area contributed by atoms with E-state index >= 15 is 0 Å². The van der Waals surface area contributed by atoms with Crippen LogP contribution in [0, 0.1) is 17.0 Å². The highest BCUT2D eigenvalue weighted by Crippen LogP contribution is 2.30. The molecule has 1 heterocycles. The Balaban J connectivity index is 2.31. The Morgan fingerprint density at radius 2 is 2.00 bits per heavy atom. The van der Waals surface area contributed by atoms with Gasteiger partial charge in [0.15, 0.2) is 6.29 Å². The molecule has 0 saturated carbocycles. The highest BCUT2D eigenvalue weighted by molar-refractivity contribution is 5.73. The van der Waals surface area contributed by atoms with Crippen LogP contribution in [0.3, 0.4) is 0 Å². The Bertz CT molecular complexity index is 625. The Labute approximate surface area is 108 Å². The number of hydrogen-bond acceptors (Lipinski definition) is 6. The molecule has 0 aliphatic carbocycles. The van der Waals surface area contributed by atoms with Crippen LogP contribution in [0.5, 0.6) is 11.8 Å². The third kappa shape index (κ3) is 2.89. The number of carbonyl (C=O) groups excluding carboxylic acids is 1. The molecular formula is C12H9N3O4. The molecule has 0 spiro atoms. The molecule has 0 N–H and O–H groups in total. The molecule has 0 unspecified atom stereocenters. The lowest BCUT2D eigenvalue weighted by atomic mass is 10.2. The minimum Gasteiger partial charge on any atom is -0.417 e. The largest absolute Gasteiger partial charge is 0.417 e. The number of aromatic nitrogens is 2. The van der Waals surface area contributed by atoms with Gasteiger partial charge in [-0.25, -0.2) is 9.97 Å². The van der Waals surface area contributed by atoms with Crippen LogP contribution in [-0.4, -0.2) is 21.2 Å². The van der Waals surface area contributed by atoms with E-state index in [9.17, 15) is 14.9 Å². The van der Waals surface area contributed by atoms with Gasteiger partial charge in [-0.1, -0.05) is 6.07 Å². The van der Waals surface area contributed by atoms with Gasteiger partial charge in [-0.05, 0) is 18.6 Å². The van der Waals surface area contributed by atoms with E-state index in [1.54, 1.807) is 13.0 Å². The Morgan fingerprint density at radius 3 is 2.58 bits per heavy atom. The van der Waals surface area contributed by atoms with Gasteiger partial charge in [-0.15, -0.1) is 0 Å². The maximum atomic E-state index is 10.9. The van der Waals surface area contributed by atoms with E-state index in [0.717, 1.165) is 5.56 Å². The minimum absolute atomic E-state index is 0.0504. The number of rotatable bonds is 4. The Hall–Kier alpha value is -2.83. The van der Waals surface area contributed by atoms with Gasteiger partial charge in [-0.3, -0.25) is 14.9 Å². The van der Waals surface area contributed by atoms with E-state index in [0.29, 0.717) is 11.8 Å². The molecule has 0 bridgehead atoms. The summed E-state index contributed by atoms with van der Waals surface area (Å²) >= 11 is 0. The summed E-state index contributed by atoms with van der Waals surface area (Å²) in [7, 11) is 0. The van der Waals surface area contributed by atoms with Crippen LogP contribution < -0.4 is 4.74 Å². The smallest absolute Gasteiger partial charge is 0.322 e. The molecule has 0 radical (unpaired) electrons. The first kappa shape index (κ1) is 12.6. The number of aldehydes is 1. The molecule has 1 aromatic heterocycles. The van der Waals surface area contributed by atoms with Crippen LogP contribution in [0.4, 0.5) is 5.69 Å². The first-order chi connectivity index (χ1) is 9.10. The maximum Gasteiger partial charge on any atom is 0.322 e. The molecule has 0 fully saturated rings. The molecule has 19 heavy (non-hydrogen) atoms. The Morgan fingerprint density at radius 1 is 1.32 bits per heavy atom. The maximum absolute atomic E-state index is 10.9. The fourth-order valence-corrected chi connectivity index (χ4v) is 1.39. The van der Waals surface area contributed by atoms with Gasteiger partial charge in [0.1, 0.15) is 0 Å². The van der Waals surface area contributed by atoms with E-state index in [-0.39, 0.29) is 17.4 Å². The van der Waals surface area contributed by atoms with Crippen LogP contribution in [0.1, 0.15) is 15.9 Å². The first-order valence-corrected chi connectivity index (χ1v) is 5.30. The summed E-state index contributed by atoms with van der Waals surface area (Å²) in [6.07, 6.45) is 3.14. The van der Waals surface area contributed by atoms with Gasteiger partial charge in [0.25, 0.3) is 0 Å². The van der Waals surface area contributed by atoms with Gasteiger partial charge >= 0.3 is 11.7 Å². The lowest BCUT2D eigenvalue weighted by Crippen LogP contribution is -1.97. The molecular weight excluding hydrogens is 250 g/mol. The van der Waals surface area contributed by atoms with Crippen LogP contribution in [0.15, 0.2) is 30.6 Å². The number of nitro groups is 1. The summed E-state index contributed by atoms with van der Waals surface area (Å²) in [5.74, 6) is 0.0504. The summed E-state index contributed by atoms with van der Waals surface area (Å²) in [4.78, 5) is 28.4. The number of carbonyl (C=O) groups is 1. The molecule has 0 amide bonds. The van der Waals surface area contributed by atoms with Crippen molar-refractivity contribution in [2.45, 2.75) is 6.92 Å². The SMILES string of the molecule is Cc1ccc(Oc2ncc(C=O)cn2)c([N+](=O)[O-])c1. The molecule has 2 rings (SSSR count). The fraction of sp³-hybridized carbons (Fsp3) is 0.0833. The van der Waals surface area contributed by atoms with E-state index < -0.39 is 4.92 Å². The molecule has 7 heteroatoms. The normalized spacial score (nSPS) is 9.95. The van der Waals surface area contributed by atoms with E-state index in [2.05, 4.69) is 9.97 Å². The second-order valence-electron chi connectivity index (χ2n) is 3.75. The van der Waals surface area contributed by atoms with Crippen molar-refractivity contribution in [3.05, 3.63) is 51.8 Å². The number of nitrogens with zero attached hydrogens (tertiary/aromatic N) is 3. The van der Waals surface area contributed by atoms with E-state index in [1.807, 2.05) is 0 Å². The molecule has 96 valence electrons. The van der Waals surface area contributed by atoms with Crippen molar-refractivity contribution in [2.24, 2.45) is 0 Å². The van der Waals surface area contributed by atoms with Gasteiger partial charge < -0.3 is 4.74 Å². The van der Waals surface area contributed by atoms with Crippen LogP contribution in [0.2, 0.25) is 0 Å². The van der Waals surface area contributed by atoms with Crippen LogP contribution in [-0.2, 0) is 0 Å². The number of nitro benzene ring substituents is 1. The van der Waals surface area contributed by atoms with Crippen molar-refractivity contribution in [2.75, 3.05) is 0 Å². The van der Waals surface area contributed by atoms with Crippen LogP contribution >= 0.6 is 0 Å². The zero-order chi connectivity index (χ0) is 13.8. The third-order valence-corrected chi connectivity index (χ3v) is 2.30. The number of benzene rings is 1. The predicted molar refractivity (Wildman–Crippen MR) is 65.3 cm³/mol. The molecule has 0 aliphatic rings. The minimum atomic E-state index is -0.540. The second-order valence-corrected chi connectivity index (χ2v) is 3.75. The van der Waals surface area contributed by atoms with Crippen molar-refractivity contribution >= 4 is 12.0 Å². The summed E-state index contributed by atoms with van der Waals surface area (Å²) in [5, 5.41) is 10.9. The average Bonchev–Trinajstić information content (AvgIpc) is 2.41. The van der Waals surface area contributed by atoms with Crippen molar-refractivity contribution in [3.8, 4) is 11.8 Å². The number of ether oxygens (including phenoxy) is 1. The third-order valence-electron chi connectivity index (χ3n) is 2.30. The van der Waals surface area contributed by atoms with Crippen molar-refractivity contribution < 1.29 is 14.5 Å². The van der Waals surface area contributed by atoms with Gasteiger partial charge in [0.2, 0.25) is 5.75 Å². The fourth-order valence-electron chi connectivity index (χ4n) is 1.39. The van der Waals surface area contributed by atoms with E-state index in [4.69, 9.17) is 4.74 Å². The van der Waals surface area contributed by atoms with Crippen molar-refractivity contribution in [3.63, 3.8) is 0 Å². The standard InChI is InChI=1S/C12H9N3O4/c1-8-2-3-11(10(4-8)15(17)18)19-12-13-5-9(7-16)6-14-12/h2-7H,1H3. The zero-order valence-corrected chi connectivity index (χ0v) is 9.94. The van der Waals surface area contributed by atoms with Gasteiger partial charge in [0, 0.05) is 18.5 Å². The molecule has 2 aromatic rings. The van der Waals surface area contributed by atoms with Crippen molar-refractivity contribution in [1.29, 1.82) is 0 Å². The highest BCUT2D eigenvalue weighted by atomic mass is 16.6. The lowest BCUT2D eigenvalue weighted by molar-refractivity contribution is -0.385. The monoisotopic (exact) mass is 259 g/mol. The quantitative estimate of drug-likeness (QED) is 0.475. The van der Waals surface area contributed by atoms with Crippen LogP contribution in [0.25, 0.3) is 0 Å². The average molecular weight is 259 g/mol. The summed E-state index contributed by atoms with van der Waals surface area (Å²) < 4.78 is 5.25. The number of hydrogen-bond donors (Lipinski definition) is 0. The molecule has 0 saturated heterocycles. The van der Waals surface area contributed by atoms with Gasteiger partial charge in [0.05, 0.1) is 10.5 Å². The summed E-state index contributed by atoms with van der Waals surface area (Å²) in [6, 6.07) is 4.50. The van der Waals surface area contributed by atoms with E-state index in [1.165, 1.54) is 24.5 Å². The van der Waals surface area contributed by atoms with Gasteiger partial charge in [-0.2, -0.15) is 0 Å². The van der Waals surface area contributed by atoms with Crippen molar-refractivity contribution in [1.82, 2.24) is 9.97 Å². The molecule has 7 nitrogen and oxygen atoms in total. The topological polar surface area (TPSA) is 95.2 Å². The second kappa shape index (κ2) is 5.21. The molecule has 0 aliphatic heterocycles. The summed E-state index contributed by atoms with van der Waals surface area (Å²) in [6.45, 7) is 1.74. The highest BCUT2D eigenvalue weighted by Gasteiger charge is 2.16. The Kier molecular flexibility index (Phi) is 3.46.